The van der Waals surface area contributed by atoms with Crippen LogP contribution in [0.25, 0.3) is 16.6 Å². The van der Waals surface area contributed by atoms with E-state index in [9.17, 15) is 18.0 Å². The summed E-state index contributed by atoms with van der Waals surface area (Å²) in [5, 5.41) is 8.05. The molecule has 36 heavy (non-hydrogen) atoms. The van der Waals surface area contributed by atoms with Gasteiger partial charge < -0.3 is 10.2 Å². The standard InChI is InChI=1S/C26H25F3N6O/c1-2-22(17-7-10-31-24(13-17)34-11-8-26(28,29)9-12-34)33-25(36)21-14-30-16-23-20(21)15-32-35(23)19-5-3-18(27)4-6-19/h3-7,10,13-16,22H,2,8-9,11-12H2,1H3,(H,33,36)/t22-/m0/s1. The van der Waals surface area contributed by atoms with E-state index in [-0.39, 0.29) is 43.7 Å². The van der Waals surface area contributed by atoms with Crippen LogP contribution in [0.3, 0.4) is 0 Å². The third kappa shape index (κ3) is 4.75. The predicted molar refractivity (Wildman–Crippen MR) is 130 cm³/mol. The third-order valence-corrected chi connectivity index (χ3v) is 6.52. The number of carbonyl (C=O) groups excluding carboxylic acids is 1. The van der Waals surface area contributed by atoms with Gasteiger partial charge in [-0.2, -0.15) is 5.10 Å². The second-order valence-corrected chi connectivity index (χ2v) is 8.88. The molecule has 1 aromatic carbocycles. The summed E-state index contributed by atoms with van der Waals surface area (Å²) in [6, 6.07) is 9.25. The lowest BCUT2D eigenvalue weighted by Crippen LogP contribution is -2.39. The molecule has 1 atom stereocenters. The topological polar surface area (TPSA) is 75.9 Å². The maximum absolute atomic E-state index is 13.6. The van der Waals surface area contributed by atoms with Crippen molar-refractivity contribution in [3.8, 4) is 5.69 Å². The van der Waals surface area contributed by atoms with Gasteiger partial charge in [0.05, 0.1) is 35.2 Å². The lowest BCUT2D eigenvalue weighted by Gasteiger charge is -2.33. The molecular weight excluding hydrogens is 469 g/mol. The molecule has 0 aliphatic carbocycles. The lowest BCUT2D eigenvalue weighted by molar-refractivity contribution is -0.0221. The zero-order valence-corrected chi connectivity index (χ0v) is 19.7. The van der Waals surface area contributed by atoms with Crippen LogP contribution in [-0.4, -0.2) is 44.7 Å². The SMILES string of the molecule is CC[C@H](NC(=O)c1cncc2c1cnn2-c1ccc(F)cc1)c1ccnc(N2CCC(F)(F)CC2)c1. The lowest BCUT2D eigenvalue weighted by atomic mass is 10.0. The Balaban J connectivity index is 1.37. The highest BCUT2D eigenvalue weighted by Gasteiger charge is 2.34. The Labute approximate surface area is 206 Å². The molecule has 1 aliphatic heterocycles. The van der Waals surface area contributed by atoms with E-state index in [1.54, 1.807) is 35.4 Å². The van der Waals surface area contributed by atoms with Crippen molar-refractivity contribution in [1.29, 1.82) is 0 Å². The normalized spacial score (nSPS) is 16.2. The Morgan fingerprint density at radius 2 is 1.86 bits per heavy atom. The molecule has 1 amide bonds. The summed E-state index contributed by atoms with van der Waals surface area (Å²) in [5.41, 5.74) is 2.48. The highest BCUT2D eigenvalue weighted by molar-refractivity contribution is 6.06. The molecule has 0 bridgehead atoms. The van der Waals surface area contributed by atoms with E-state index in [2.05, 4.69) is 20.4 Å². The van der Waals surface area contributed by atoms with Crippen molar-refractivity contribution in [3.63, 3.8) is 0 Å². The van der Waals surface area contributed by atoms with Gasteiger partial charge in [-0.1, -0.05) is 6.92 Å². The molecule has 1 aliphatic rings. The van der Waals surface area contributed by atoms with Gasteiger partial charge in [0.2, 0.25) is 0 Å². The van der Waals surface area contributed by atoms with E-state index in [1.165, 1.54) is 18.3 Å². The zero-order valence-electron chi connectivity index (χ0n) is 19.7. The van der Waals surface area contributed by atoms with Crippen LogP contribution in [0.15, 0.2) is 61.2 Å². The fraction of sp³-hybridized carbons (Fsp3) is 0.308. The molecule has 4 heterocycles. The fourth-order valence-electron chi connectivity index (χ4n) is 4.45. The number of alkyl halides is 2. The van der Waals surface area contributed by atoms with Crippen molar-refractivity contribution in [3.05, 3.63) is 78.1 Å². The first-order valence-corrected chi connectivity index (χ1v) is 11.8. The number of halogens is 3. The van der Waals surface area contributed by atoms with Crippen molar-refractivity contribution in [2.24, 2.45) is 0 Å². The first-order chi connectivity index (χ1) is 17.3. The van der Waals surface area contributed by atoms with Crippen LogP contribution in [0, 0.1) is 5.82 Å². The number of carbonyl (C=O) groups is 1. The van der Waals surface area contributed by atoms with Gasteiger partial charge in [-0.15, -0.1) is 0 Å². The summed E-state index contributed by atoms with van der Waals surface area (Å²) >= 11 is 0. The van der Waals surface area contributed by atoms with Crippen molar-refractivity contribution in [1.82, 2.24) is 25.1 Å². The van der Waals surface area contributed by atoms with Gasteiger partial charge in [-0.05, 0) is 48.4 Å². The van der Waals surface area contributed by atoms with E-state index in [4.69, 9.17) is 0 Å². The van der Waals surface area contributed by atoms with Crippen LogP contribution in [0.4, 0.5) is 19.0 Å². The molecule has 1 fully saturated rings. The smallest absolute Gasteiger partial charge is 0.254 e. The van der Waals surface area contributed by atoms with Crippen molar-refractivity contribution >= 4 is 22.6 Å². The number of benzene rings is 1. The van der Waals surface area contributed by atoms with Crippen LogP contribution in [0.2, 0.25) is 0 Å². The Kier molecular flexibility index (Phi) is 6.34. The number of aromatic nitrogens is 4. The number of hydrogen-bond acceptors (Lipinski definition) is 5. The fourth-order valence-corrected chi connectivity index (χ4v) is 4.45. The number of amides is 1. The number of nitrogens with zero attached hydrogens (tertiary/aromatic N) is 5. The van der Waals surface area contributed by atoms with Crippen molar-refractivity contribution in [2.45, 2.75) is 38.2 Å². The predicted octanol–water partition coefficient (Wildman–Crippen LogP) is 5.07. The number of pyridine rings is 2. The molecule has 10 heteroatoms. The Hall–Kier alpha value is -3.95. The number of piperidine rings is 1. The minimum atomic E-state index is -2.63. The highest BCUT2D eigenvalue weighted by atomic mass is 19.3. The summed E-state index contributed by atoms with van der Waals surface area (Å²) < 4.78 is 42.1. The summed E-state index contributed by atoms with van der Waals surface area (Å²) in [6.45, 7) is 2.43. The molecule has 3 aromatic heterocycles. The van der Waals surface area contributed by atoms with E-state index >= 15 is 0 Å². The summed E-state index contributed by atoms with van der Waals surface area (Å²) in [6.07, 6.45) is 6.55. The van der Waals surface area contributed by atoms with E-state index < -0.39 is 5.92 Å². The van der Waals surface area contributed by atoms with Crippen LogP contribution < -0.4 is 10.2 Å². The van der Waals surface area contributed by atoms with E-state index in [0.717, 1.165) is 5.56 Å². The van der Waals surface area contributed by atoms with Gasteiger partial charge in [0.15, 0.2) is 0 Å². The number of fused-ring (bicyclic) bond motifs is 1. The first-order valence-electron chi connectivity index (χ1n) is 11.8. The molecule has 0 unspecified atom stereocenters. The minimum absolute atomic E-state index is 0.199. The minimum Gasteiger partial charge on any atom is -0.356 e. The van der Waals surface area contributed by atoms with Crippen molar-refractivity contribution < 1.29 is 18.0 Å². The average molecular weight is 495 g/mol. The largest absolute Gasteiger partial charge is 0.356 e. The number of anilines is 1. The summed E-state index contributed by atoms with van der Waals surface area (Å²) in [4.78, 5) is 23.7. The molecule has 7 nitrogen and oxygen atoms in total. The summed E-state index contributed by atoms with van der Waals surface area (Å²) in [7, 11) is 0. The van der Waals surface area contributed by atoms with Crippen molar-refractivity contribution in [2.75, 3.05) is 18.0 Å². The Bertz CT molecular complexity index is 1380. The van der Waals surface area contributed by atoms with Gasteiger partial charge in [0.1, 0.15) is 11.6 Å². The molecule has 186 valence electrons. The van der Waals surface area contributed by atoms with Gasteiger partial charge in [0, 0.05) is 43.7 Å². The Morgan fingerprint density at radius 1 is 1.11 bits per heavy atom. The summed E-state index contributed by atoms with van der Waals surface area (Å²) in [5.74, 6) is -2.67. The molecule has 1 N–H and O–H groups in total. The number of nitrogens with one attached hydrogen (secondary N) is 1. The zero-order chi connectivity index (χ0) is 25.3. The molecular formula is C26H25F3N6O. The quantitative estimate of drug-likeness (QED) is 0.405. The highest BCUT2D eigenvalue weighted by Crippen LogP contribution is 2.31. The molecule has 4 aromatic rings. The maximum atomic E-state index is 13.6. The maximum Gasteiger partial charge on any atom is 0.254 e. The molecule has 5 rings (SSSR count). The second-order valence-electron chi connectivity index (χ2n) is 8.88. The molecule has 0 radical (unpaired) electrons. The molecule has 0 spiro atoms. The molecule has 0 saturated carbocycles. The Morgan fingerprint density at radius 3 is 2.58 bits per heavy atom. The van der Waals surface area contributed by atoms with Gasteiger partial charge in [-0.25, -0.2) is 22.8 Å². The average Bonchev–Trinajstić information content (AvgIpc) is 3.32. The third-order valence-electron chi connectivity index (χ3n) is 6.52. The number of rotatable bonds is 6. The van der Waals surface area contributed by atoms with Crippen LogP contribution in [-0.2, 0) is 0 Å². The first kappa shape index (κ1) is 23.8. The van der Waals surface area contributed by atoms with Gasteiger partial charge in [0.25, 0.3) is 11.8 Å². The molecule has 1 saturated heterocycles. The van der Waals surface area contributed by atoms with Gasteiger partial charge >= 0.3 is 0 Å². The van der Waals surface area contributed by atoms with E-state index in [1.807, 2.05) is 24.0 Å². The van der Waals surface area contributed by atoms with E-state index in [0.29, 0.717) is 34.4 Å². The van der Waals surface area contributed by atoms with Crippen LogP contribution >= 0.6 is 0 Å². The number of hydrogen-bond donors (Lipinski definition) is 1. The monoisotopic (exact) mass is 494 g/mol. The second kappa shape index (κ2) is 9.60. The van der Waals surface area contributed by atoms with Crippen LogP contribution in [0.1, 0.15) is 48.1 Å². The van der Waals surface area contributed by atoms with Gasteiger partial charge in [-0.3, -0.25) is 9.78 Å². The van der Waals surface area contributed by atoms with Crippen LogP contribution in [0.5, 0.6) is 0 Å².